The van der Waals surface area contributed by atoms with Crippen molar-refractivity contribution >= 4 is 51.8 Å². The summed E-state index contributed by atoms with van der Waals surface area (Å²) in [7, 11) is -0.341. The van der Waals surface area contributed by atoms with Crippen LogP contribution in [0.2, 0.25) is 0 Å². The van der Waals surface area contributed by atoms with Gasteiger partial charge >= 0.3 is 7.12 Å². The third kappa shape index (κ3) is 3.52. The van der Waals surface area contributed by atoms with Crippen LogP contribution in [0.5, 0.6) is 0 Å². The van der Waals surface area contributed by atoms with Crippen LogP contribution in [-0.4, -0.2) is 24.9 Å². The molecule has 0 spiro atoms. The lowest BCUT2D eigenvalue weighted by Crippen LogP contribution is -2.41. The van der Waals surface area contributed by atoms with Gasteiger partial charge in [0, 0.05) is 0 Å². The number of halogens is 1. The van der Waals surface area contributed by atoms with Gasteiger partial charge in [-0.1, -0.05) is 36.4 Å². The van der Waals surface area contributed by atoms with Crippen LogP contribution in [0.4, 0.5) is 0 Å². The second kappa shape index (κ2) is 7.20. The van der Waals surface area contributed by atoms with Crippen molar-refractivity contribution in [1.82, 2.24) is 0 Å². The van der Waals surface area contributed by atoms with Crippen molar-refractivity contribution in [3.8, 4) is 0 Å². The summed E-state index contributed by atoms with van der Waals surface area (Å²) in [5, 5.41) is 2.45. The van der Waals surface area contributed by atoms with E-state index in [4.69, 9.17) is 13.8 Å². The van der Waals surface area contributed by atoms with Gasteiger partial charge in [0.1, 0.15) is 0 Å². The van der Waals surface area contributed by atoms with Crippen LogP contribution in [0, 0.1) is 0 Å². The highest BCUT2D eigenvalue weighted by Crippen LogP contribution is 2.37. The monoisotopic (exact) mass is 456 g/mol. The van der Waals surface area contributed by atoms with Crippen molar-refractivity contribution in [1.29, 1.82) is 0 Å². The third-order valence-corrected chi connectivity index (χ3v) is 6.31. The molecular weight excluding hydrogens is 433 g/mol. The highest BCUT2D eigenvalue weighted by Gasteiger charge is 2.52. The number of hydrogen-bond donors (Lipinski definition) is 0. The molecule has 0 amide bonds. The Labute approximate surface area is 159 Å². The largest absolute Gasteiger partial charge is 0.495 e. The molecule has 2 aromatic carbocycles. The Kier molecular flexibility index (Phi) is 5.58. The molecule has 3 rings (SSSR count). The fourth-order valence-corrected chi connectivity index (χ4v) is 3.86. The predicted molar refractivity (Wildman–Crippen MR) is 112 cm³/mol. The molecule has 0 N–H and O–H groups in total. The van der Waals surface area contributed by atoms with E-state index in [0.29, 0.717) is 6.45 Å². The molecule has 0 aliphatic carbocycles. The van der Waals surface area contributed by atoms with E-state index >= 15 is 0 Å². The molecule has 24 heavy (non-hydrogen) atoms. The molecule has 2 aromatic rings. The first-order valence-corrected chi connectivity index (χ1v) is 12.2. The van der Waals surface area contributed by atoms with E-state index in [1.54, 1.807) is 0 Å². The SMILES string of the molecule is CC1(C)OB(c2cccc3cccc(CCOPI)c23)OC1(C)C. The molecule has 1 atom stereocenters. The summed E-state index contributed by atoms with van der Waals surface area (Å²) in [5.74, 6) is 0. The van der Waals surface area contributed by atoms with Gasteiger partial charge in [-0.3, -0.25) is 0 Å². The summed E-state index contributed by atoms with van der Waals surface area (Å²) in [6.07, 6.45) is 0.893. The molecule has 0 bridgehead atoms. The second-order valence-electron chi connectivity index (χ2n) is 7.13. The molecule has 0 saturated carbocycles. The van der Waals surface area contributed by atoms with Gasteiger partial charge in [-0.15, -0.1) is 0 Å². The van der Waals surface area contributed by atoms with Crippen LogP contribution >= 0.6 is 28.5 Å². The topological polar surface area (TPSA) is 27.7 Å². The minimum absolute atomic E-state index is 0.333. The zero-order chi connectivity index (χ0) is 17.4. The van der Waals surface area contributed by atoms with E-state index in [1.807, 2.05) is 0 Å². The first-order chi connectivity index (χ1) is 11.4. The van der Waals surface area contributed by atoms with Gasteiger partial charge in [-0.2, -0.15) is 0 Å². The maximum absolute atomic E-state index is 6.29. The van der Waals surface area contributed by atoms with Crippen LogP contribution < -0.4 is 5.46 Å². The summed E-state index contributed by atoms with van der Waals surface area (Å²) < 4.78 is 18.1. The van der Waals surface area contributed by atoms with Gasteiger partial charge in [0.05, 0.1) is 24.3 Å². The lowest BCUT2D eigenvalue weighted by Gasteiger charge is -2.32. The van der Waals surface area contributed by atoms with Gasteiger partial charge in [0.15, 0.2) is 0 Å². The smallest absolute Gasteiger partial charge is 0.399 e. The van der Waals surface area contributed by atoms with E-state index in [-0.39, 0.29) is 18.3 Å². The normalized spacial score (nSPS) is 19.6. The Bertz CT molecular complexity index is 714. The van der Waals surface area contributed by atoms with Crippen LogP contribution in [-0.2, 0) is 20.3 Å². The fourth-order valence-electron chi connectivity index (χ4n) is 3.02. The van der Waals surface area contributed by atoms with Gasteiger partial charge in [-0.25, -0.2) is 0 Å². The standard InChI is InChI=1S/C18H23BIO3P/c1-17(2)18(3,4)23-19(22-17)15-10-6-9-13-7-5-8-14(16(13)15)11-12-21-24-20/h5-10,24H,11-12H2,1-4H3. The minimum Gasteiger partial charge on any atom is -0.399 e. The molecule has 1 saturated heterocycles. The molecule has 1 fully saturated rings. The van der Waals surface area contributed by atoms with Crippen molar-refractivity contribution in [2.75, 3.05) is 6.61 Å². The molecule has 128 valence electrons. The summed E-state index contributed by atoms with van der Waals surface area (Å²) in [5.41, 5.74) is 1.73. The Balaban J connectivity index is 2.02. The Morgan fingerprint density at radius 1 is 1.04 bits per heavy atom. The highest BCUT2D eigenvalue weighted by atomic mass is 127. The second-order valence-corrected chi connectivity index (χ2v) is 8.89. The van der Waals surface area contributed by atoms with E-state index in [0.717, 1.165) is 18.5 Å². The maximum Gasteiger partial charge on any atom is 0.495 e. The zero-order valence-corrected chi connectivity index (χ0v) is 17.7. The summed E-state index contributed by atoms with van der Waals surface area (Å²) >= 11 is 2.26. The van der Waals surface area contributed by atoms with E-state index in [9.17, 15) is 0 Å². The Hall–Kier alpha value is -0.195. The van der Waals surface area contributed by atoms with Crippen LogP contribution in [0.1, 0.15) is 33.3 Å². The first kappa shape index (κ1) is 18.6. The van der Waals surface area contributed by atoms with Crippen molar-refractivity contribution < 1.29 is 13.8 Å². The predicted octanol–water partition coefficient (Wildman–Crippen LogP) is 4.64. The average molecular weight is 456 g/mol. The van der Waals surface area contributed by atoms with Gasteiger partial charge < -0.3 is 13.8 Å². The Morgan fingerprint density at radius 3 is 2.29 bits per heavy atom. The summed E-state index contributed by atoms with van der Waals surface area (Å²) in [6, 6.07) is 12.8. The van der Waals surface area contributed by atoms with Crippen molar-refractivity contribution in [3.05, 3.63) is 42.0 Å². The Morgan fingerprint density at radius 2 is 1.67 bits per heavy atom. The van der Waals surface area contributed by atoms with Crippen LogP contribution in [0.15, 0.2) is 36.4 Å². The van der Waals surface area contributed by atoms with Gasteiger partial charge in [-0.05, 0) is 78.0 Å². The first-order valence-electron chi connectivity index (χ1n) is 8.19. The number of hydrogen-bond acceptors (Lipinski definition) is 3. The minimum atomic E-state index is -0.341. The number of rotatable bonds is 5. The van der Waals surface area contributed by atoms with Crippen molar-refractivity contribution in [2.24, 2.45) is 0 Å². The number of fused-ring (bicyclic) bond motifs is 1. The van der Waals surface area contributed by atoms with Crippen LogP contribution in [0.25, 0.3) is 10.8 Å². The van der Waals surface area contributed by atoms with Crippen LogP contribution in [0.3, 0.4) is 0 Å². The summed E-state index contributed by atoms with van der Waals surface area (Å²) in [4.78, 5) is 0. The van der Waals surface area contributed by atoms with E-state index in [2.05, 4.69) is 86.1 Å². The summed E-state index contributed by atoms with van der Waals surface area (Å²) in [6.45, 7) is 9.59. The third-order valence-electron chi connectivity index (χ3n) is 5.06. The van der Waals surface area contributed by atoms with E-state index in [1.165, 1.54) is 16.3 Å². The maximum atomic E-state index is 6.29. The van der Waals surface area contributed by atoms with Crippen molar-refractivity contribution in [3.63, 3.8) is 0 Å². The molecule has 0 aromatic heterocycles. The fraction of sp³-hybridized carbons (Fsp3) is 0.444. The molecule has 1 unspecified atom stereocenters. The molecular formula is C18H23BIO3P. The molecule has 0 radical (unpaired) electrons. The number of benzene rings is 2. The molecule has 1 heterocycles. The molecule has 1 aliphatic heterocycles. The average Bonchev–Trinajstić information content (AvgIpc) is 2.75. The molecule has 6 heteroatoms. The molecule has 3 nitrogen and oxygen atoms in total. The molecule has 1 aliphatic rings. The quantitative estimate of drug-likeness (QED) is 0.284. The van der Waals surface area contributed by atoms with Gasteiger partial charge in [0.2, 0.25) is 0 Å². The lowest BCUT2D eigenvalue weighted by atomic mass is 9.75. The zero-order valence-electron chi connectivity index (χ0n) is 14.6. The van der Waals surface area contributed by atoms with Gasteiger partial charge in [0.25, 0.3) is 0 Å². The highest BCUT2D eigenvalue weighted by molar-refractivity contribution is 14.2. The van der Waals surface area contributed by atoms with Crippen molar-refractivity contribution in [2.45, 2.75) is 45.3 Å². The van der Waals surface area contributed by atoms with E-state index < -0.39 is 0 Å². The lowest BCUT2D eigenvalue weighted by molar-refractivity contribution is 0.00578.